The minimum atomic E-state index is 0.713. The maximum absolute atomic E-state index is 5.31. The van der Waals surface area contributed by atoms with Crippen LogP contribution in [0.3, 0.4) is 0 Å². The van der Waals surface area contributed by atoms with Gasteiger partial charge in [-0.3, -0.25) is 4.68 Å². The van der Waals surface area contributed by atoms with Crippen LogP contribution in [0.25, 0.3) is 10.9 Å². The molecule has 0 aliphatic heterocycles. The highest BCUT2D eigenvalue weighted by molar-refractivity contribution is 5.81. The molecule has 1 aliphatic rings. The lowest BCUT2D eigenvalue weighted by Gasteiger charge is -2.01. The second-order valence-electron chi connectivity index (χ2n) is 5.15. The van der Waals surface area contributed by atoms with Crippen molar-refractivity contribution in [1.82, 2.24) is 15.1 Å². The molecule has 0 atom stereocenters. The molecule has 0 radical (unpaired) electrons. The number of unbranched alkanes of at least 4 members (excludes halogenated alkanes) is 1. The topological polar surface area (TPSA) is 29.9 Å². The van der Waals surface area contributed by atoms with Crippen LogP contribution in [0.5, 0.6) is 0 Å². The molecule has 1 aromatic carbocycles. The lowest BCUT2D eigenvalue weighted by Crippen LogP contribution is -2.16. The van der Waals surface area contributed by atoms with Crippen molar-refractivity contribution in [3.8, 4) is 12.3 Å². The monoisotopic (exact) mass is 253 g/mol. The van der Waals surface area contributed by atoms with E-state index in [9.17, 15) is 0 Å². The molecular formula is C16H19N3. The summed E-state index contributed by atoms with van der Waals surface area (Å²) < 4.78 is 2.09. The minimum absolute atomic E-state index is 0.713. The van der Waals surface area contributed by atoms with E-state index >= 15 is 0 Å². The standard InChI is InChI=1S/C16H19N3/c1-2-3-6-11-19-16-8-5-4-7-14(16)15(18-19)12-17-13-9-10-13/h1,4-5,7-8,13,17H,3,6,9-12H2. The fraction of sp³-hybridized carbons (Fsp3) is 0.438. The predicted molar refractivity (Wildman–Crippen MR) is 77.7 cm³/mol. The molecule has 0 unspecified atom stereocenters. The zero-order valence-electron chi connectivity index (χ0n) is 11.1. The number of para-hydroxylation sites is 1. The zero-order chi connectivity index (χ0) is 13.1. The molecule has 3 heteroatoms. The number of fused-ring (bicyclic) bond motifs is 1. The summed E-state index contributed by atoms with van der Waals surface area (Å²) >= 11 is 0. The molecule has 98 valence electrons. The van der Waals surface area contributed by atoms with Gasteiger partial charge in [0.1, 0.15) is 0 Å². The highest BCUT2D eigenvalue weighted by atomic mass is 15.3. The van der Waals surface area contributed by atoms with Crippen molar-refractivity contribution in [3.05, 3.63) is 30.0 Å². The Balaban J connectivity index is 1.82. The molecule has 3 nitrogen and oxygen atoms in total. The van der Waals surface area contributed by atoms with Gasteiger partial charge in [0.05, 0.1) is 11.2 Å². The van der Waals surface area contributed by atoms with E-state index in [-0.39, 0.29) is 0 Å². The summed E-state index contributed by atoms with van der Waals surface area (Å²) in [5.74, 6) is 2.69. The fourth-order valence-corrected chi connectivity index (χ4v) is 2.36. The van der Waals surface area contributed by atoms with Gasteiger partial charge in [-0.15, -0.1) is 12.3 Å². The number of aromatic nitrogens is 2. The van der Waals surface area contributed by atoms with Crippen molar-refractivity contribution in [2.45, 2.75) is 44.8 Å². The number of aryl methyl sites for hydroxylation is 1. The lowest BCUT2D eigenvalue weighted by atomic mass is 10.2. The van der Waals surface area contributed by atoms with Crippen LogP contribution in [0.1, 0.15) is 31.4 Å². The summed E-state index contributed by atoms with van der Waals surface area (Å²) in [4.78, 5) is 0. The number of rotatable bonds is 6. The van der Waals surface area contributed by atoms with Crippen molar-refractivity contribution in [2.24, 2.45) is 0 Å². The average Bonchev–Trinajstić information content (AvgIpc) is 3.20. The Kier molecular flexibility index (Phi) is 3.52. The van der Waals surface area contributed by atoms with Gasteiger partial charge in [-0.25, -0.2) is 0 Å². The van der Waals surface area contributed by atoms with Crippen LogP contribution >= 0.6 is 0 Å². The Labute approximate surface area is 114 Å². The number of benzene rings is 1. The first-order chi connectivity index (χ1) is 9.38. The van der Waals surface area contributed by atoms with Gasteiger partial charge >= 0.3 is 0 Å². The van der Waals surface area contributed by atoms with Gasteiger partial charge in [-0.2, -0.15) is 5.10 Å². The van der Waals surface area contributed by atoms with E-state index in [0.717, 1.165) is 31.6 Å². The van der Waals surface area contributed by atoms with Crippen LogP contribution < -0.4 is 5.32 Å². The first-order valence-electron chi connectivity index (χ1n) is 7.00. The largest absolute Gasteiger partial charge is 0.308 e. The van der Waals surface area contributed by atoms with Crippen LogP contribution in [-0.2, 0) is 13.1 Å². The Bertz CT molecular complexity index is 602. The molecule has 0 saturated heterocycles. The number of terminal acetylenes is 1. The molecule has 0 amide bonds. The van der Waals surface area contributed by atoms with Crippen LogP contribution in [0.4, 0.5) is 0 Å². The Morgan fingerprint density at radius 2 is 2.21 bits per heavy atom. The molecule has 19 heavy (non-hydrogen) atoms. The van der Waals surface area contributed by atoms with Gasteiger partial charge < -0.3 is 5.32 Å². The predicted octanol–water partition coefficient (Wildman–Crippen LogP) is 2.70. The van der Waals surface area contributed by atoms with Gasteiger partial charge in [0.2, 0.25) is 0 Å². The van der Waals surface area contributed by atoms with Gasteiger partial charge in [0.15, 0.2) is 0 Å². The molecule has 1 saturated carbocycles. The lowest BCUT2D eigenvalue weighted by molar-refractivity contribution is 0.584. The Morgan fingerprint density at radius 3 is 3.00 bits per heavy atom. The molecule has 1 aliphatic carbocycles. The summed E-state index contributed by atoms with van der Waals surface area (Å²) in [6.45, 7) is 1.77. The molecule has 2 aromatic rings. The molecular weight excluding hydrogens is 234 g/mol. The number of hydrogen-bond acceptors (Lipinski definition) is 2. The van der Waals surface area contributed by atoms with E-state index in [4.69, 9.17) is 11.5 Å². The molecule has 3 rings (SSSR count). The highest BCUT2D eigenvalue weighted by Gasteiger charge is 2.21. The first kappa shape index (κ1) is 12.3. The molecule has 1 heterocycles. The SMILES string of the molecule is C#CCCCn1nc(CNC2CC2)c2ccccc21. The molecule has 0 bridgehead atoms. The number of hydrogen-bond donors (Lipinski definition) is 1. The molecule has 1 fully saturated rings. The summed E-state index contributed by atoms with van der Waals surface area (Å²) in [6.07, 6.45) is 9.71. The first-order valence-corrected chi connectivity index (χ1v) is 7.00. The van der Waals surface area contributed by atoms with E-state index in [1.807, 2.05) is 0 Å². The summed E-state index contributed by atoms with van der Waals surface area (Å²) in [5, 5.41) is 9.54. The van der Waals surface area contributed by atoms with Crippen LogP contribution in [-0.4, -0.2) is 15.8 Å². The van der Waals surface area contributed by atoms with Gasteiger partial charge in [0, 0.05) is 30.9 Å². The zero-order valence-corrected chi connectivity index (χ0v) is 11.1. The van der Waals surface area contributed by atoms with E-state index in [0.29, 0.717) is 6.04 Å². The smallest absolute Gasteiger partial charge is 0.0841 e. The van der Waals surface area contributed by atoms with Gasteiger partial charge in [-0.1, -0.05) is 18.2 Å². The van der Waals surface area contributed by atoms with Crippen molar-refractivity contribution >= 4 is 10.9 Å². The normalized spacial score (nSPS) is 14.7. The van der Waals surface area contributed by atoms with Crippen molar-refractivity contribution in [2.75, 3.05) is 0 Å². The molecule has 1 N–H and O–H groups in total. The van der Waals surface area contributed by atoms with Crippen LogP contribution in [0, 0.1) is 12.3 Å². The van der Waals surface area contributed by atoms with Crippen LogP contribution in [0.2, 0.25) is 0 Å². The van der Waals surface area contributed by atoms with E-state index in [1.54, 1.807) is 0 Å². The van der Waals surface area contributed by atoms with E-state index in [2.05, 4.69) is 40.2 Å². The second kappa shape index (κ2) is 5.46. The van der Waals surface area contributed by atoms with Gasteiger partial charge in [0.25, 0.3) is 0 Å². The van der Waals surface area contributed by atoms with Gasteiger partial charge in [-0.05, 0) is 25.3 Å². The highest BCUT2D eigenvalue weighted by Crippen LogP contribution is 2.22. The Hall–Kier alpha value is -1.79. The fourth-order valence-electron chi connectivity index (χ4n) is 2.36. The third-order valence-electron chi connectivity index (χ3n) is 3.56. The van der Waals surface area contributed by atoms with Crippen molar-refractivity contribution in [1.29, 1.82) is 0 Å². The molecule has 1 aromatic heterocycles. The van der Waals surface area contributed by atoms with Crippen molar-refractivity contribution < 1.29 is 0 Å². The maximum Gasteiger partial charge on any atom is 0.0841 e. The average molecular weight is 253 g/mol. The number of nitrogens with zero attached hydrogens (tertiary/aromatic N) is 2. The number of nitrogens with one attached hydrogen (secondary N) is 1. The maximum atomic E-state index is 5.31. The minimum Gasteiger partial charge on any atom is -0.308 e. The molecule has 0 spiro atoms. The summed E-state index contributed by atoms with van der Waals surface area (Å²) in [7, 11) is 0. The van der Waals surface area contributed by atoms with Crippen molar-refractivity contribution in [3.63, 3.8) is 0 Å². The summed E-state index contributed by atoms with van der Waals surface area (Å²) in [5.41, 5.74) is 2.37. The second-order valence-corrected chi connectivity index (χ2v) is 5.15. The third-order valence-corrected chi connectivity index (χ3v) is 3.56. The van der Waals surface area contributed by atoms with E-state index < -0.39 is 0 Å². The summed E-state index contributed by atoms with van der Waals surface area (Å²) in [6, 6.07) is 9.16. The third kappa shape index (κ3) is 2.80. The van der Waals surface area contributed by atoms with E-state index in [1.165, 1.54) is 23.7 Å². The van der Waals surface area contributed by atoms with Crippen LogP contribution in [0.15, 0.2) is 24.3 Å². The quantitative estimate of drug-likeness (QED) is 0.633. The Morgan fingerprint density at radius 1 is 1.37 bits per heavy atom.